The van der Waals surface area contributed by atoms with Crippen molar-refractivity contribution in [1.29, 1.82) is 0 Å². The van der Waals surface area contributed by atoms with Gasteiger partial charge in [0.15, 0.2) is 17.4 Å². The predicted octanol–water partition coefficient (Wildman–Crippen LogP) is 9.23. The number of rotatable bonds is 9. The summed E-state index contributed by atoms with van der Waals surface area (Å²) in [7, 11) is 2.13. The molecule has 1 aliphatic carbocycles. The van der Waals surface area contributed by atoms with Crippen LogP contribution in [0.2, 0.25) is 5.04 Å². The van der Waals surface area contributed by atoms with Gasteiger partial charge in [-0.15, -0.1) is 0 Å². The van der Waals surface area contributed by atoms with E-state index in [1.54, 1.807) is 21.3 Å². The lowest BCUT2D eigenvalue weighted by atomic mass is 9.78. The summed E-state index contributed by atoms with van der Waals surface area (Å²) in [6.07, 6.45) is 6.12. The number of allylic oxidation sites excluding steroid dienone is 2. The van der Waals surface area contributed by atoms with Crippen molar-refractivity contribution in [3.63, 3.8) is 0 Å². The predicted molar refractivity (Wildman–Crippen MR) is 300 cm³/mol. The molecule has 5 fully saturated rings. The van der Waals surface area contributed by atoms with Crippen LogP contribution < -0.4 is 10.4 Å². The van der Waals surface area contributed by atoms with Gasteiger partial charge in [0.1, 0.15) is 31.0 Å². The minimum absolute atomic E-state index is 0.0122. The van der Waals surface area contributed by atoms with Gasteiger partial charge in [0.25, 0.3) is 14.2 Å². The smallest absolute Gasteiger partial charge is 0.329 e. The van der Waals surface area contributed by atoms with E-state index in [-0.39, 0.29) is 72.9 Å². The number of cyclic esters (lactones) is 1. The number of nitrogens with zero attached hydrogens (tertiary/aromatic N) is 1. The molecule has 6 aliphatic rings. The molecule has 0 radical (unpaired) electrons. The van der Waals surface area contributed by atoms with Crippen molar-refractivity contribution >= 4 is 42.1 Å². The van der Waals surface area contributed by atoms with Gasteiger partial charge in [-0.05, 0) is 124 Å². The van der Waals surface area contributed by atoms with Crippen molar-refractivity contribution in [3.8, 4) is 0 Å². The first-order chi connectivity index (χ1) is 37.0. The van der Waals surface area contributed by atoms with Crippen LogP contribution >= 0.6 is 0 Å². The SMILES string of the molecule is CO[C@H]1C[C@@H](C)C/C(C)=C/[C@H]2CC(=O)CO[C@@]23C[C@H](OC(C)(C)O3)[C@@H](C)[C@@H](/C(C)=C/[C@@H]2CC[C@@H](O[Si](c3ccccc3)(c3ccccc3)C(C)(C)C)[C@H](OC)C2)OC(=O)[C@@H]2CCCCN2C(=O)C(=O)[C@@H]2O[C@H]1[C@@H](OC)C[C@H]2C. The van der Waals surface area contributed by atoms with Crippen LogP contribution in [0.3, 0.4) is 0 Å². The summed E-state index contributed by atoms with van der Waals surface area (Å²) in [5.74, 6) is -5.53. The number of ether oxygens (including phenoxy) is 8. The highest BCUT2D eigenvalue weighted by atomic mass is 28.4. The topological polar surface area (TPSA) is 155 Å². The first-order valence-electron chi connectivity index (χ1n) is 29.0. The number of carbonyl (C=O) groups is 4. The van der Waals surface area contributed by atoms with Gasteiger partial charge in [-0.1, -0.05) is 120 Å². The maximum atomic E-state index is 15.1. The molecule has 4 saturated heterocycles. The summed E-state index contributed by atoms with van der Waals surface area (Å²) in [4.78, 5) is 59.2. The molecule has 1 saturated carbocycles. The largest absolute Gasteiger partial charge is 0.456 e. The second kappa shape index (κ2) is 25.1. The van der Waals surface area contributed by atoms with Gasteiger partial charge in [0.2, 0.25) is 5.78 Å². The van der Waals surface area contributed by atoms with Crippen molar-refractivity contribution < 1.29 is 61.5 Å². The van der Waals surface area contributed by atoms with E-state index < -0.39 is 85.9 Å². The van der Waals surface area contributed by atoms with Crippen molar-refractivity contribution in [2.75, 3.05) is 34.5 Å². The van der Waals surface area contributed by atoms with E-state index in [0.717, 1.165) is 24.0 Å². The Morgan fingerprint density at radius 2 is 1.44 bits per heavy atom. The lowest BCUT2D eigenvalue weighted by Crippen LogP contribution is -2.68. The second-order valence-electron chi connectivity index (χ2n) is 25.3. The lowest BCUT2D eigenvalue weighted by molar-refractivity contribution is -0.419. The van der Waals surface area contributed by atoms with Crippen LogP contribution in [-0.2, 0) is 61.5 Å². The number of benzene rings is 2. The monoisotopic (exact) mass is 1100 g/mol. The fraction of sp³-hybridized carbons (Fsp3) is 0.683. The molecule has 4 bridgehead atoms. The van der Waals surface area contributed by atoms with Gasteiger partial charge >= 0.3 is 5.97 Å². The van der Waals surface area contributed by atoms with E-state index >= 15 is 4.79 Å². The molecular formula is C63H91NO13Si. The van der Waals surface area contributed by atoms with Gasteiger partial charge in [-0.3, -0.25) is 14.4 Å². The molecule has 8 rings (SSSR count). The number of ketones is 2. The molecule has 14 nitrogen and oxygen atoms in total. The molecule has 15 heteroatoms. The van der Waals surface area contributed by atoms with E-state index in [1.165, 1.54) is 15.3 Å². The van der Waals surface area contributed by atoms with Gasteiger partial charge in [0, 0.05) is 52.6 Å². The van der Waals surface area contributed by atoms with E-state index in [4.69, 9.17) is 42.3 Å². The Hall–Kier alpha value is -3.90. The molecule has 0 N–H and O–H groups in total. The summed E-state index contributed by atoms with van der Waals surface area (Å²) >= 11 is 0. The highest BCUT2D eigenvalue weighted by Gasteiger charge is 2.57. The zero-order valence-corrected chi connectivity index (χ0v) is 50.0. The third-order valence-corrected chi connectivity index (χ3v) is 23.0. The molecule has 1 spiro atoms. The zero-order valence-electron chi connectivity index (χ0n) is 49.0. The highest BCUT2D eigenvalue weighted by Crippen LogP contribution is 2.48. The summed E-state index contributed by atoms with van der Waals surface area (Å²) in [5.41, 5.74) is 1.90. The summed E-state index contributed by atoms with van der Waals surface area (Å²) in [6.45, 7) is 20.9. The Morgan fingerprint density at radius 1 is 0.795 bits per heavy atom. The van der Waals surface area contributed by atoms with E-state index in [9.17, 15) is 14.4 Å². The molecule has 78 heavy (non-hydrogen) atoms. The third kappa shape index (κ3) is 12.9. The van der Waals surface area contributed by atoms with Crippen LogP contribution in [0.1, 0.15) is 140 Å². The lowest BCUT2D eigenvalue weighted by Gasteiger charge is -2.53. The molecule has 1 amide bonds. The fourth-order valence-corrected chi connectivity index (χ4v) is 18.9. The first kappa shape index (κ1) is 60.2. The number of Topliss-reactive ketones (excluding diaryl/α,β-unsaturated/α-hetero) is 2. The van der Waals surface area contributed by atoms with Crippen LogP contribution in [0.4, 0.5) is 0 Å². The highest BCUT2D eigenvalue weighted by molar-refractivity contribution is 6.99. The fourth-order valence-electron chi connectivity index (χ4n) is 14.2. The van der Waals surface area contributed by atoms with Gasteiger partial charge in [-0.25, -0.2) is 4.79 Å². The number of hydrogen-bond donors (Lipinski definition) is 0. The zero-order chi connectivity index (χ0) is 56.3. The summed E-state index contributed by atoms with van der Waals surface area (Å²) in [6, 6.07) is 20.4. The number of methoxy groups -OCH3 is 3. The molecule has 2 aromatic rings. The van der Waals surface area contributed by atoms with Crippen molar-refractivity contribution in [2.45, 2.75) is 211 Å². The molecule has 5 aliphatic heterocycles. The molecule has 15 atom stereocenters. The van der Waals surface area contributed by atoms with Crippen LogP contribution in [0.5, 0.6) is 0 Å². The molecule has 0 aromatic heterocycles. The number of carbonyl (C=O) groups excluding carboxylic acids is 4. The van der Waals surface area contributed by atoms with E-state index in [0.29, 0.717) is 44.9 Å². The summed E-state index contributed by atoms with van der Waals surface area (Å²) < 4.78 is 60.1. The minimum atomic E-state index is -2.91. The number of amides is 1. The van der Waals surface area contributed by atoms with Gasteiger partial charge in [-0.2, -0.15) is 0 Å². The van der Waals surface area contributed by atoms with Crippen LogP contribution in [0, 0.1) is 29.6 Å². The van der Waals surface area contributed by atoms with Gasteiger partial charge < -0.3 is 47.2 Å². The van der Waals surface area contributed by atoms with Crippen molar-refractivity contribution in [1.82, 2.24) is 4.90 Å². The number of esters is 1. The number of hydrogen-bond acceptors (Lipinski definition) is 13. The molecule has 2 aromatic carbocycles. The third-order valence-electron chi connectivity index (χ3n) is 18.0. The molecule has 430 valence electrons. The van der Waals surface area contributed by atoms with E-state index in [1.807, 2.05) is 34.6 Å². The Morgan fingerprint density at radius 3 is 2.06 bits per heavy atom. The Bertz CT molecular complexity index is 2420. The average molecular weight is 1100 g/mol. The number of fused-ring (bicyclic) bond motifs is 4. The van der Waals surface area contributed by atoms with E-state index in [2.05, 4.69) is 107 Å². The van der Waals surface area contributed by atoms with Gasteiger partial charge in [0.05, 0.1) is 30.5 Å². The normalized spacial score (nSPS) is 36.8. The standard InChI is InChI=1S/C63H91NO13Si/c1-39-30-40(2)32-52(70-12)58-53(71-13)34-42(4)57(73-58)55(66)59(67)64-29-21-20-26-49(64)60(68)74-56(43(5)54-37-63(77-62(9,10)75-54)45(31-39)36-46(65)38-72-63)41(3)33-44-27-28-50(51(35-44)69-11)76-78(61(6,7)8,47-22-16-14-17-23-47)48-24-18-15-19-25-48/h14-19,22-25,31,33,40,42-45,49-54,56-58H,20-21,26-30,32,34-38H2,1-13H3/b39-31+,41-33+/t40-,42+,43+,44-,45-,49-,50+,51+,52-,53-,54-,56+,57+,58+,63+/m0/s1. The Labute approximate surface area is 466 Å². The Kier molecular flexibility index (Phi) is 19.4. The second-order valence-corrected chi connectivity index (χ2v) is 29.6. The van der Waals surface area contributed by atoms with Crippen molar-refractivity contribution in [2.24, 2.45) is 29.6 Å². The summed E-state index contributed by atoms with van der Waals surface area (Å²) in [5, 5.41) is 2.21. The Balaban J connectivity index is 1.15. The average Bonchev–Trinajstić information content (AvgIpc) is 3.50. The van der Waals surface area contributed by atoms with Crippen LogP contribution in [0.25, 0.3) is 0 Å². The quantitative estimate of drug-likeness (QED) is 0.102. The molecule has 5 heterocycles. The molecular weight excluding hydrogens is 1010 g/mol. The minimum Gasteiger partial charge on any atom is -0.456 e. The number of piperidine rings is 1. The van der Waals surface area contributed by atoms with Crippen LogP contribution in [-0.4, -0.2) is 138 Å². The maximum absolute atomic E-state index is 15.1. The van der Waals surface area contributed by atoms with Crippen molar-refractivity contribution in [3.05, 3.63) is 84.0 Å². The maximum Gasteiger partial charge on any atom is 0.329 e. The van der Waals surface area contributed by atoms with Crippen LogP contribution in [0.15, 0.2) is 84.0 Å². The molecule has 0 unspecified atom stereocenters. The first-order valence-corrected chi connectivity index (χ1v) is 30.9.